The van der Waals surface area contributed by atoms with Crippen LogP contribution in [0.4, 0.5) is 5.69 Å². The molecule has 108 valence electrons. The SMILES string of the molecule is COc1cccc2cc(CNc3cccc(Br)c3C)oc12. The molecule has 3 aromatic rings. The topological polar surface area (TPSA) is 34.4 Å². The normalized spacial score (nSPS) is 10.8. The van der Waals surface area contributed by atoms with Crippen LogP contribution in [0.2, 0.25) is 0 Å². The first-order valence-electron chi connectivity index (χ1n) is 6.73. The highest BCUT2D eigenvalue weighted by atomic mass is 79.9. The molecule has 0 atom stereocenters. The van der Waals surface area contributed by atoms with E-state index in [1.807, 2.05) is 36.4 Å². The van der Waals surface area contributed by atoms with Crippen molar-refractivity contribution in [1.29, 1.82) is 0 Å². The van der Waals surface area contributed by atoms with Gasteiger partial charge in [-0.15, -0.1) is 0 Å². The Morgan fingerprint density at radius 1 is 1.19 bits per heavy atom. The monoisotopic (exact) mass is 345 g/mol. The van der Waals surface area contributed by atoms with Gasteiger partial charge in [0.05, 0.1) is 13.7 Å². The summed E-state index contributed by atoms with van der Waals surface area (Å²) in [4.78, 5) is 0. The third kappa shape index (κ3) is 2.76. The molecule has 0 amide bonds. The van der Waals surface area contributed by atoms with Crippen LogP contribution in [0.5, 0.6) is 5.75 Å². The molecule has 4 heteroatoms. The summed E-state index contributed by atoms with van der Waals surface area (Å²) in [6.07, 6.45) is 0. The van der Waals surface area contributed by atoms with Gasteiger partial charge in [-0.1, -0.05) is 34.1 Å². The molecule has 1 aromatic heterocycles. The summed E-state index contributed by atoms with van der Waals surface area (Å²) in [5.74, 6) is 1.64. The van der Waals surface area contributed by atoms with E-state index in [9.17, 15) is 0 Å². The van der Waals surface area contributed by atoms with Crippen molar-refractivity contribution in [3.05, 3.63) is 58.3 Å². The number of benzene rings is 2. The fourth-order valence-corrected chi connectivity index (χ4v) is 2.69. The molecule has 3 nitrogen and oxygen atoms in total. The zero-order valence-corrected chi connectivity index (χ0v) is 13.5. The summed E-state index contributed by atoms with van der Waals surface area (Å²) < 4.78 is 12.3. The fourth-order valence-electron chi connectivity index (χ4n) is 2.32. The van der Waals surface area contributed by atoms with Crippen molar-refractivity contribution in [2.24, 2.45) is 0 Å². The second-order valence-electron chi connectivity index (χ2n) is 4.86. The van der Waals surface area contributed by atoms with Gasteiger partial charge < -0.3 is 14.5 Å². The van der Waals surface area contributed by atoms with Gasteiger partial charge in [-0.05, 0) is 36.8 Å². The fraction of sp³-hybridized carbons (Fsp3) is 0.176. The van der Waals surface area contributed by atoms with Gasteiger partial charge in [0.2, 0.25) is 0 Å². The molecule has 0 saturated carbocycles. The van der Waals surface area contributed by atoms with Gasteiger partial charge in [0, 0.05) is 15.5 Å². The molecular formula is C17H16BrNO2. The van der Waals surface area contributed by atoms with Gasteiger partial charge in [-0.2, -0.15) is 0 Å². The van der Waals surface area contributed by atoms with E-state index >= 15 is 0 Å². The Morgan fingerprint density at radius 2 is 2.00 bits per heavy atom. The molecule has 0 unspecified atom stereocenters. The van der Waals surface area contributed by atoms with E-state index in [2.05, 4.69) is 34.2 Å². The lowest BCUT2D eigenvalue weighted by Gasteiger charge is -2.09. The number of rotatable bonds is 4. The van der Waals surface area contributed by atoms with E-state index in [4.69, 9.17) is 9.15 Å². The van der Waals surface area contributed by atoms with Crippen LogP contribution in [0.25, 0.3) is 11.0 Å². The van der Waals surface area contributed by atoms with Crippen molar-refractivity contribution in [2.75, 3.05) is 12.4 Å². The number of furan rings is 1. The Morgan fingerprint density at radius 3 is 2.81 bits per heavy atom. The molecule has 0 radical (unpaired) electrons. The van der Waals surface area contributed by atoms with Gasteiger partial charge in [0.1, 0.15) is 5.76 Å². The second kappa shape index (κ2) is 5.82. The predicted molar refractivity (Wildman–Crippen MR) is 89.0 cm³/mol. The number of ether oxygens (including phenoxy) is 1. The molecule has 3 rings (SSSR count). The van der Waals surface area contributed by atoms with E-state index in [1.54, 1.807) is 7.11 Å². The first-order valence-corrected chi connectivity index (χ1v) is 7.53. The van der Waals surface area contributed by atoms with Crippen molar-refractivity contribution in [1.82, 2.24) is 0 Å². The molecule has 1 N–H and O–H groups in total. The molecule has 0 fully saturated rings. The molecule has 0 spiro atoms. The quantitative estimate of drug-likeness (QED) is 0.712. The highest BCUT2D eigenvalue weighted by Crippen LogP contribution is 2.29. The number of hydrogen-bond donors (Lipinski definition) is 1. The van der Waals surface area contributed by atoms with Crippen molar-refractivity contribution < 1.29 is 9.15 Å². The highest BCUT2D eigenvalue weighted by molar-refractivity contribution is 9.10. The summed E-state index contributed by atoms with van der Waals surface area (Å²) in [7, 11) is 1.65. The van der Waals surface area contributed by atoms with Gasteiger partial charge in [0.15, 0.2) is 11.3 Å². The summed E-state index contributed by atoms with van der Waals surface area (Å²) in [6.45, 7) is 2.71. The number of nitrogens with one attached hydrogen (secondary N) is 1. The summed E-state index contributed by atoms with van der Waals surface area (Å²) >= 11 is 3.54. The highest BCUT2D eigenvalue weighted by Gasteiger charge is 2.09. The van der Waals surface area contributed by atoms with E-state index in [0.29, 0.717) is 6.54 Å². The standard InChI is InChI=1S/C17H16BrNO2/c1-11-14(18)6-4-7-15(11)19-10-13-9-12-5-3-8-16(20-2)17(12)21-13/h3-9,19H,10H2,1-2H3. The van der Waals surface area contributed by atoms with E-state index in [-0.39, 0.29) is 0 Å². The van der Waals surface area contributed by atoms with Crippen LogP contribution >= 0.6 is 15.9 Å². The van der Waals surface area contributed by atoms with Crippen molar-refractivity contribution >= 4 is 32.6 Å². The van der Waals surface area contributed by atoms with Gasteiger partial charge in [0.25, 0.3) is 0 Å². The first kappa shape index (κ1) is 14.0. The van der Waals surface area contributed by atoms with Crippen LogP contribution < -0.4 is 10.1 Å². The van der Waals surface area contributed by atoms with Crippen LogP contribution in [0.1, 0.15) is 11.3 Å². The maximum absolute atomic E-state index is 5.88. The van der Waals surface area contributed by atoms with Gasteiger partial charge in [-0.3, -0.25) is 0 Å². The van der Waals surface area contributed by atoms with Crippen molar-refractivity contribution in [3.8, 4) is 5.75 Å². The first-order chi connectivity index (χ1) is 10.2. The maximum Gasteiger partial charge on any atom is 0.176 e. The number of halogens is 1. The Bertz CT molecular complexity index is 780. The lowest BCUT2D eigenvalue weighted by Crippen LogP contribution is -2.00. The smallest absolute Gasteiger partial charge is 0.176 e. The average molecular weight is 346 g/mol. The largest absolute Gasteiger partial charge is 0.493 e. The van der Waals surface area contributed by atoms with Crippen LogP contribution in [0, 0.1) is 6.92 Å². The number of anilines is 1. The van der Waals surface area contributed by atoms with Crippen molar-refractivity contribution in [2.45, 2.75) is 13.5 Å². The van der Waals surface area contributed by atoms with Crippen LogP contribution in [0.15, 0.2) is 51.4 Å². The lowest BCUT2D eigenvalue weighted by atomic mass is 10.2. The molecule has 0 aliphatic carbocycles. The third-order valence-electron chi connectivity index (χ3n) is 3.50. The Hall–Kier alpha value is -1.94. The van der Waals surface area contributed by atoms with Gasteiger partial charge >= 0.3 is 0 Å². The molecular weight excluding hydrogens is 330 g/mol. The Balaban J connectivity index is 1.84. The van der Waals surface area contributed by atoms with E-state index in [1.165, 1.54) is 5.56 Å². The van der Waals surface area contributed by atoms with Crippen LogP contribution in [-0.2, 0) is 6.54 Å². The molecule has 2 aromatic carbocycles. The predicted octanol–water partition coefficient (Wildman–Crippen LogP) is 5.12. The van der Waals surface area contributed by atoms with E-state index in [0.717, 1.165) is 32.6 Å². The van der Waals surface area contributed by atoms with Gasteiger partial charge in [-0.25, -0.2) is 0 Å². The summed E-state index contributed by atoms with van der Waals surface area (Å²) in [5, 5.41) is 4.46. The molecule has 1 heterocycles. The second-order valence-corrected chi connectivity index (χ2v) is 5.71. The van der Waals surface area contributed by atoms with E-state index < -0.39 is 0 Å². The lowest BCUT2D eigenvalue weighted by molar-refractivity contribution is 0.408. The van der Waals surface area contributed by atoms with Crippen molar-refractivity contribution in [3.63, 3.8) is 0 Å². The average Bonchev–Trinajstić information content (AvgIpc) is 2.91. The molecule has 0 saturated heterocycles. The third-order valence-corrected chi connectivity index (χ3v) is 4.36. The Labute approximate surface area is 132 Å². The van der Waals surface area contributed by atoms with Crippen LogP contribution in [0.3, 0.4) is 0 Å². The molecule has 0 aliphatic heterocycles. The zero-order valence-electron chi connectivity index (χ0n) is 11.9. The number of hydrogen-bond acceptors (Lipinski definition) is 3. The minimum absolute atomic E-state index is 0.634. The summed E-state index contributed by atoms with van der Waals surface area (Å²) in [5.41, 5.74) is 3.07. The zero-order chi connectivity index (χ0) is 14.8. The molecule has 0 aliphatic rings. The minimum atomic E-state index is 0.634. The molecule has 0 bridgehead atoms. The number of fused-ring (bicyclic) bond motifs is 1. The Kier molecular flexibility index (Phi) is 3.88. The number of methoxy groups -OCH3 is 1. The maximum atomic E-state index is 5.88. The molecule has 21 heavy (non-hydrogen) atoms. The van der Waals surface area contributed by atoms with Crippen LogP contribution in [-0.4, -0.2) is 7.11 Å². The summed E-state index contributed by atoms with van der Waals surface area (Å²) in [6, 6.07) is 14.0. The number of para-hydroxylation sites is 1. The minimum Gasteiger partial charge on any atom is -0.493 e.